The van der Waals surface area contributed by atoms with Crippen LogP contribution in [0.1, 0.15) is 70.4 Å². The first kappa shape index (κ1) is 20.3. The van der Waals surface area contributed by atoms with E-state index < -0.39 is 11.8 Å². The van der Waals surface area contributed by atoms with Gasteiger partial charge >= 0.3 is 0 Å². The van der Waals surface area contributed by atoms with Crippen LogP contribution in [0, 0.1) is 0 Å². The fourth-order valence-electron chi connectivity index (χ4n) is 3.98. The summed E-state index contributed by atoms with van der Waals surface area (Å²) in [6.45, 7) is 3.68. The largest absolute Gasteiger partial charge is 0.365 e. The SMILES string of the molecule is CC(C)n1nc(C(=O)Nc2sc3c(c2C(N)=O)CCCCC3)c2ccccc2c1=O. The third kappa shape index (κ3) is 3.52. The number of aromatic nitrogens is 2. The minimum atomic E-state index is -0.533. The number of carbonyl (C=O) groups excluding carboxylic acids is 2. The van der Waals surface area contributed by atoms with Crippen molar-refractivity contribution in [3.8, 4) is 0 Å². The minimum absolute atomic E-state index is 0.151. The van der Waals surface area contributed by atoms with Gasteiger partial charge in [-0.25, -0.2) is 4.68 Å². The molecule has 1 aromatic carbocycles. The van der Waals surface area contributed by atoms with Crippen LogP contribution in [0.15, 0.2) is 29.1 Å². The fraction of sp³-hybridized carbons (Fsp3) is 0.364. The van der Waals surface area contributed by atoms with Crippen LogP contribution in [-0.4, -0.2) is 21.6 Å². The highest BCUT2D eigenvalue weighted by Gasteiger charge is 2.26. The second-order valence-electron chi connectivity index (χ2n) is 7.82. The monoisotopic (exact) mass is 424 g/mol. The molecule has 1 aliphatic rings. The molecule has 30 heavy (non-hydrogen) atoms. The van der Waals surface area contributed by atoms with Gasteiger partial charge in [0.25, 0.3) is 17.4 Å². The van der Waals surface area contributed by atoms with Crippen LogP contribution >= 0.6 is 11.3 Å². The fourth-order valence-corrected chi connectivity index (χ4v) is 5.27. The molecule has 0 unspecified atom stereocenters. The number of amides is 2. The smallest absolute Gasteiger partial charge is 0.277 e. The van der Waals surface area contributed by atoms with Gasteiger partial charge in [-0.2, -0.15) is 5.10 Å². The minimum Gasteiger partial charge on any atom is -0.365 e. The standard InChI is InChI=1S/C22H24N4O3S/c1-12(2)26-22(29)14-9-7-6-8-13(14)18(25-26)20(28)24-21-17(19(23)27)15-10-4-3-5-11-16(15)30-21/h6-9,12H,3-5,10-11H2,1-2H3,(H2,23,27)(H,24,28). The van der Waals surface area contributed by atoms with Gasteiger partial charge in [0.1, 0.15) is 5.00 Å². The van der Waals surface area contributed by atoms with E-state index in [2.05, 4.69) is 10.4 Å². The van der Waals surface area contributed by atoms with Gasteiger partial charge in [0.15, 0.2) is 5.69 Å². The van der Waals surface area contributed by atoms with Gasteiger partial charge < -0.3 is 11.1 Å². The second-order valence-corrected chi connectivity index (χ2v) is 8.93. The van der Waals surface area contributed by atoms with E-state index in [1.165, 1.54) is 16.0 Å². The van der Waals surface area contributed by atoms with Crippen molar-refractivity contribution in [2.45, 2.75) is 52.0 Å². The van der Waals surface area contributed by atoms with Gasteiger partial charge in [-0.05, 0) is 51.2 Å². The van der Waals surface area contributed by atoms with E-state index in [4.69, 9.17) is 5.73 Å². The van der Waals surface area contributed by atoms with Gasteiger partial charge in [-0.15, -0.1) is 11.3 Å². The zero-order chi connectivity index (χ0) is 21.4. The number of nitrogens with zero attached hydrogens (tertiary/aromatic N) is 2. The van der Waals surface area contributed by atoms with Crippen molar-refractivity contribution in [3.63, 3.8) is 0 Å². The van der Waals surface area contributed by atoms with E-state index in [0.29, 0.717) is 21.3 Å². The molecule has 2 aromatic heterocycles. The number of primary amides is 1. The molecule has 156 valence electrons. The van der Waals surface area contributed by atoms with Crippen molar-refractivity contribution >= 4 is 38.9 Å². The first-order chi connectivity index (χ1) is 14.4. The number of benzene rings is 1. The molecule has 0 aliphatic heterocycles. The predicted molar refractivity (Wildman–Crippen MR) is 118 cm³/mol. The number of hydrogen-bond donors (Lipinski definition) is 2. The quantitative estimate of drug-likeness (QED) is 0.623. The summed E-state index contributed by atoms with van der Waals surface area (Å²) in [5.41, 5.74) is 6.96. The number of carbonyl (C=O) groups is 2. The van der Waals surface area contributed by atoms with Gasteiger partial charge in [0.05, 0.1) is 17.0 Å². The van der Waals surface area contributed by atoms with E-state index in [0.717, 1.165) is 42.5 Å². The van der Waals surface area contributed by atoms with Crippen molar-refractivity contribution in [2.24, 2.45) is 5.73 Å². The molecule has 7 nitrogen and oxygen atoms in total. The van der Waals surface area contributed by atoms with E-state index in [1.807, 2.05) is 13.8 Å². The number of hydrogen-bond acceptors (Lipinski definition) is 5. The number of nitrogens with two attached hydrogens (primary N) is 1. The Bertz CT molecular complexity index is 1210. The van der Waals surface area contributed by atoms with Crippen LogP contribution in [-0.2, 0) is 12.8 Å². The number of thiophene rings is 1. The summed E-state index contributed by atoms with van der Waals surface area (Å²) < 4.78 is 1.32. The van der Waals surface area contributed by atoms with Crippen molar-refractivity contribution in [2.75, 3.05) is 5.32 Å². The van der Waals surface area contributed by atoms with Gasteiger partial charge in [0.2, 0.25) is 0 Å². The molecule has 0 atom stereocenters. The summed E-state index contributed by atoms with van der Waals surface area (Å²) in [4.78, 5) is 39.3. The van der Waals surface area contributed by atoms with Crippen LogP contribution in [0.3, 0.4) is 0 Å². The lowest BCUT2D eigenvalue weighted by Gasteiger charge is -2.13. The van der Waals surface area contributed by atoms with E-state index in [-0.39, 0.29) is 17.3 Å². The number of fused-ring (bicyclic) bond motifs is 2. The lowest BCUT2D eigenvalue weighted by molar-refractivity contribution is 0.100. The number of rotatable bonds is 4. The maximum absolute atomic E-state index is 13.2. The normalized spacial score (nSPS) is 13.8. The average molecular weight is 425 g/mol. The van der Waals surface area contributed by atoms with Crippen LogP contribution in [0.2, 0.25) is 0 Å². The Morgan fingerprint density at radius 3 is 2.53 bits per heavy atom. The summed E-state index contributed by atoms with van der Waals surface area (Å²) in [6.07, 6.45) is 4.86. The number of anilines is 1. The van der Waals surface area contributed by atoms with Crippen LogP contribution in [0.5, 0.6) is 0 Å². The van der Waals surface area contributed by atoms with Gasteiger partial charge in [0, 0.05) is 10.3 Å². The Morgan fingerprint density at radius 1 is 1.13 bits per heavy atom. The second kappa shape index (κ2) is 8.02. The van der Waals surface area contributed by atoms with E-state index in [1.54, 1.807) is 24.3 Å². The first-order valence-corrected chi connectivity index (χ1v) is 11.0. The summed E-state index contributed by atoms with van der Waals surface area (Å²) in [7, 11) is 0. The summed E-state index contributed by atoms with van der Waals surface area (Å²) in [6, 6.07) is 6.73. The first-order valence-electron chi connectivity index (χ1n) is 10.2. The Kier molecular flexibility index (Phi) is 5.42. The van der Waals surface area contributed by atoms with Crippen molar-refractivity contribution in [1.82, 2.24) is 9.78 Å². The third-order valence-corrected chi connectivity index (χ3v) is 6.63. The maximum atomic E-state index is 13.2. The summed E-state index contributed by atoms with van der Waals surface area (Å²) in [5, 5.41) is 8.59. The van der Waals surface area contributed by atoms with Crippen LogP contribution in [0.25, 0.3) is 10.8 Å². The molecule has 4 rings (SSSR count). The molecule has 0 saturated carbocycles. The zero-order valence-electron chi connectivity index (χ0n) is 17.0. The highest BCUT2D eigenvalue weighted by atomic mass is 32.1. The molecule has 0 bridgehead atoms. The zero-order valence-corrected chi connectivity index (χ0v) is 17.8. The number of aryl methyl sites for hydroxylation is 1. The van der Waals surface area contributed by atoms with E-state index in [9.17, 15) is 14.4 Å². The molecular weight excluding hydrogens is 400 g/mol. The van der Waals surface area contributed by atoms with Crippen LogP contribution in [0.4, 0.5) is 5.00 Å². The van der Waals surface area contributed by atoms with Crippen LogP contribution < -0.4 is 16.6 Å². The van der Waals surface area contributed by atoms with Gasteiger partial charge in [-0.1, -0.05) is 24.6 Å². The molecular formula is C22H24N4O3S. The lowest BCUT2D eigenvalue weighted by Crippen LogP contribution is -2.29. The lowest BCUT2D eigenvalue weighted by atomic mass is 10.1. The molecule has 0 fully saturated rings. The summed E-state index contributed by atoms with van der Waals surface area (Å²) in [5.74, 6) is -0.992. The Hall–Kier alpha value is -3.00. The molecule has 0 saturated heterocycles. The Balaban J connectivity index is 1.81. The Labute approximate surface area is 177 Å². The maximum Gasteiger partial charge on any atom is 0.277 e. The molecule has 2 amide bonds. The molecule has 2 heterocycles. The molecule has 1 aliphatic carbocycles. The third-order valence-electron chi connectivity index (χ3n) is 5.43. The summed E-state index contributed by atoms with van der Waals surface area (Å²) >= 11 is 1.42. The van der Waals surface area contributed by atoms with Crippen molar-refractivity contribution in [1.29, 1.82) is 0 Å². The average Bonchev–Trinajstić information content (AvgIpc) is 2.89. The predicted octanol–water partition coefficient (Wildman–Crippen LogP) is 3.66. The number of nitrogens with one attached hydrogen (secondary N) is 1. The molecule has 0 spiro atoms. The Morgan fingerprint density at radius 2 is 1.83 bits per heavy atom. The highest BCUT2D eigenvalue weighted by Crippen LogP contribution is 2.37. The van der Waals surface area contributed by atoms with E-state index >= 15 is 0 Å². The van der Waals surface area contributed by atoms with Gasteiger partial charge in [-0.3, -0.25) is 14.4 Å². The van der Waals surface area contributed by atoms with Crippen molar-refractivity contribution < 1.29 is 9.59 Å². The highest BCUT2D eigenvalue weighted by molar-refractivity contribution is 7.17. The van der Waals surface area contributed by atoms with Crippen molar-refractivity contribution in [3.05, 3.63) is 56.3 Å². The topological polar surface area (TPSA) is 107 Å². The molecule has 3 aromatic rings. The molecule has 8 heteroatoms. The molecule has 0 radical (unpaired) electrons. The molecule has 3 N–H and O–H groups in total.